The number of anilines is 1. The van der Waals surface area contributed by atoms with Crippen LogP contribution in [0.1, 0.15) is 19.3 Å². The Morgan fingerprint density at radius 1 is 1.44 bits per heavy atom. The van der Waals surface area contributed by atoms with Crippen LogP contribution in [0, 0.1) is 17.8 Å². The molecule has 2 unspecified atom stereocenters. The Morgan fingerprint density at radius 2 is 2.19 bits per heavy atom. The molecule has 0 spiro atoms. The van der Waals surface area contributed by atoms with Crippen LogP contribution < -0.4 is 5.32 Å². The largest absolute Gasteiger partial charge is 0.310 e. The molecule has 84 valence electrons. The maximum absolute atomic E-state index is 11.9. The van der Waals surface area contributed by atoms with Gasteiger partial charge in [0.15, 0.2) is 0 Å². The first kappa shape index (κ1) is 10.0. The molecular formula is C11H12ClN3O. The maximum atomic E-state index is 11.9. The van der Waals surface area contributed by atoms with Crippen molar-refractivity contribution in [3.05, 3.63) is 17.5 Å². The monoisotopic (exact) mass is 237 g/mol. The highest BCUT2D eigenvalue weighted by molar-refractivity contribution is 6.28. The van der Waals surface area contributed by atoms with Crippen molar-refractivity contribution in [1.29, 1.82) is 0 Å². The molecule has 0 bridgehead atoms. The van der Waals surface area contributed by atoms with E-state index in [1.165, 1.54) is 19.3 Å². The van der Waals surface area contributed by atoms with Crippen LogP contribution in [0.15, 0.2) is 12.3 Å². The van der Waals surface area contributed by atoms with E-state index in [0.29, 0.717) is 17.7 Å². The highest BCUT2D eigenvalue weighted by Gasteiger charge is 2.56. The van der Waals surface area contributed by atoms with E-state index < -0.39 is 0 Å². The van der Waals surface area contributed by atoms with Crippen LogP contribution in [0.2, 0.25) is 5.28 Å². The standard InChI is InChI=1S/C11H12ClN3O/c12-11-13-5-4-8(15-11)14-10(16)9-6-2-1-3-7(6)9/h4-7,9H,1-3H2,(H,13,14,15,16). The summed E-state index contributed by atoms with van der Waals surface area (Å²) in [6, 6.07) is 1.65. The first-order valence-corrected chi connectivity index (χ1v) is 5.93. The van der Waals surface area contributed by atoms with Gasteiger partial charge in [-0.2, -0.15) is 0 Å². The number of aromatic nitrogens is 2. The van der Waals surface area contributed by atoms with Gasteiger partial charge in [0.2, 0.25) is 11.2 Å². The zero-order valence-electron chi connectivity index (χ0n) is 8.69. The van der Waals surface area contributed by atoms with Crippen LogP contribution in [-0.2, 0) is 4.79 Å². The van der Waals surface area contributed by atoms with Gasteiger partial charge in [-0.3, -0.25) is 4.79 Å². The summed E-state index contributed by atoms with van der Waals surface area (Å²) >= 11 is 5.65. The number of hydrogen-bond donors (Lipinski definition) is 1. The molecular weight excluding hydrogens is 226 g/mol. The summed E-state index contributed by atoms with van der Waals surface area (Å²) in [6.07, 6.45) is 5.22. The minimum atomic E-state index is 0.0875. The Morgan fingerprint density at radius 3 is 2.88 bits per heavy atom. The number of amides is 1. The molecule has 0 saturated heterocycles. The molecule has 0 aromatic carbocycles. The molecule has 4 nitrogen and oxygen atoms in total. The molecule has 1 heterocycles. The second-order valence-electron chi connectivity index (χ2n) is 4.48. The van der Waals surface area contributed by atoms with Crippen molar-refractivity contribution in [2.24, 2.45) is 17.8 Å². The number of carbonyl (C=O) groups excluding carboxylic acids is 1. The second-order valence-corrected chi connectivity index (χ2v) is 4.82. The van der Waals surface area contributed by atoms with Gasteiger partial charge in [0.05, 0.1) is 0 Å². The molecule has 2 aliphatic rings. The third-order valence-electron chi connectivity index (χ3n) is 3.59. The molecule has 0 aliphatic heterocycles. The third kappa shape index (κ3) is 1.67. The molecule has 1 amide bonds. The summed E-state index contributed by atoms with van der Waals surface area (Å²) in [6.45, 7) is 0. The summed E-state index contributed by atoms with van der Waals surface area (Å²) in [5, 5.41) is 2.96. The van der Waals surface area contributed by atoms with Crippen molar-refractivity contribution in [2.75, 3.05) is 5.32 Å². The van der Waals surface area contributed by atoms with Crippen LogP contribution in [-0.4, -0.2) is 15.9 Å². The van der Waals surface area contributed by atoms with Crippen molar-refractivity contribution in [1.82, 2.24) is 9.97 Å². The van der Waals surface area contributed by atoms with Crippen molar-refractivity contribution < 1.29 is 4.79 Å². The SMILES string of the molecule is O=C(Nc1ccnc(Cl)n1)C1C2CCCC21. The molecule has 1 aromatic heterocycles. The zero-order chi connectivity index (χ0) is 11.1. The molecule has 2 fully saturated rings. The van der Waals surface area contributed by atoms with E-state index in [1.54, 1.807) is 12.3 Å². The van der Waals surface area contributed by atoms with Crippen molar-refractivity contribution in [3.8, 4) is 0 Å². The van der Waals surface area contributed by atoms with Gasteiger partial charge in [-0.1, -0.05) is 6.42 Å². The third-order valence-corrected chi connectivity index (χ3v) is 3.77. The summed E-state index contributed by atoms with van der Waals surface area (Å²) in [5.41, 5.74) is 0. The lowest BCUT2D eigenvalue weighted by atomic mass is 10.1. The van der Waals surface area contributed by atoms with E-state index in [2.05, 4.69) is 15.3 Å². The van der Waals surface area contributed by atoms with E-state index in [9.17, 15) is 4.79 Å². The maximum Gasteiger partial charge on any atom is 0.229 e. The Kier molecular flexibility index (Phi) is 2.32. The molecule has 5 heteroatoms. The van der Waals surface area contributed by atoms with Crippen LogP contribution in [0.25, 0.3) is 0 Å². The van der Waals surface area contributed by atoms with Gasteiger partial charge in [0, 0.05) is 12.1 Å². The molecule has 2 saturated carbocycles. The Hall–Kier alpha value is -1.16. The van der Waals surface area contributed by atoms with Gasteiger partial charge < -0.3 is 5.32 Å². The lowest BCUT2D eigenvalue weighted by molar-refractivity contribution is -0.118. The topological polar surface area (TPSA) is 54.9 Å². The molecule has 1 N–H and O–H groups in total. The molecule has 16 heavy (non-hydrogen) atoms. The van der Waals surface area contributed by atoms with Gasteiger partial charge in [-0.15, -0.1) is 0 Å². The average Bonchev–Trinajstić information content (AvgIpc) is 2.73. The van der Waals surface area contributed by atoms with Crippen LogP contribution >= 0.6 is 11.6 Å². The Labute approximate surface area is 98.4 Å². The van der Waals surface area contributed by atoms with Crippen LogP contribution in [0.4, 0.5) is 5.82 Å². The van der Waals surface area contributed by atoms with E-state index in [-0.39, 0.29) is 17.1 Å². The minimum Gasteiger partial charge on any atom is -0.310 e. The Balaban J connectivity index is 1.65. The van der Waals surface area contributed by atoms with Crippen molar-refractivity contribution in [2.45, 2.75) is 19.3 Å². The zero-order valence-corrected chi connectivity index (χ0v) is 9.44. The quantitative estimate of drug-likeness (QED) is 0.802. The second kappa shape index (κ2) is 3.70. The van der Waals surface area contributed by atoms with Gasteiger partial charge in [0.25, 0.3) is 0 Å². The number of nitrogens with zero attached hydrogens (tertiary/aromatic N) is 2. The van der Waals surface area contributed by atoms with E-state index in [0.717, 1.165) is 0 Å². The fourth-order valence-corrected chi connectivity index (χ4v) is 2.97. The number of halogens is 1. The summed E-state index contributed by atoms with van der Waals surface area (Å²) in [5.74, 6) is 2.04. The number of hydrogen-bond acceptors (Lipinski definition) is 3. The predicted octanol–water partition coefficient (Wildman–Crippen LogP) is 2.11. The highest BCUT2D eigenvalue weighted by atomic mass is 35.5. The van der Waals surface area contributed by atoms with Crippen LogP contribution in [0.5, 0.6) is 0 Å². The number of carbonyl (C=O) groups is 1. The van der Waals surface area contributed by atoms with Gasteiger partial charge in [-0.25, -0.2) is 9.97 Å². The normalized spacial score (nSPS) is 30.9. The lowest BCUT2D eigenvalue weighted by Gasteiger charge is -2.05. The first-order valence-electron chi connectivity index (χ1n) is 5.55. The lowest BCUT2D eigenvalue weighted by Crippen LogP contribution is -2.17. The van der Waals surface area contributed by atoms with Gasteiger partial charge >= 0.3 is 0 Å². The number of fused-ring (bicyclic) bond motifs is 1. The Bertz CT molecular complexity index is 427. The van der Waals surface area contributed by atoms with Crippen LogP contribution in [0.3, 0.4) is 0 Å². The molecule has 3 rings (SSSR count). The highest BCUT2D eigenvalue weighted by Crippen LogP contribution is 2.57. The fraction of sp³-hybridized carbons (Fsp3) is 0.545. The number of nitrogens with one attached hydrogen (secondary N) is 1. The minimum absolute atomic E-state index is 0.0875. The number of rotatable bonds is 2. The summed E-state index contributed by atoms with van der Waals surface area (Å²) in [7, 11) is 0. The summed E-state index contributed by atoms with van der Waals surface area (Å²) < 4.78 is 0. The molecule has 2 atom stereocenters. The van der Waals surface area contributed by atoms with Gasteiger partial charge in [0.1, 0.15) is 5.82 Å². The predicted molar refractivity (Wildman–Crippen MR) is 60.0 cm³/mol. The fourth-order valence-electron chi connectivity index (χ4n) is 2.82. The van der Waals surface area contributed by atoms with E-state index in [4.69, 9.17) is 11.6 Å². The van der Waals surface area contributed by atoms with Crippen molar-refractivity contribution in [3.63, 3.8) is 0 Å². The molecule has 0 radical (unpaired) electrons. The smallest absolute Gasteiger partial charge is 0.229 e. The van der Waals surface area contributed by atoms with Gasteiger partial charge in [-0.05, 0) is 42.3 Å². The van der Waals surface area contributed by atoms with E-state index >= 15 is 0 Å². The summed E-state index contributed by atoms with van der Waals surface area (Å²) in [4.78, 5) is 19.6. The van der Waals surface area contributed by atoms with Crippen molar-refractivity contribution >= 4 is 23.3 Å². The first-order chi connectivity index (χ1) is 7.75. The average molecular weight is 238 g/mol. The molecule has 1 aromatic rings. The molecule has 2 aliphatic carbocycles. The van der Waals surface area contributed by atoms with E-state index in [1.807, 2.05) is 0 Å².